The molecule has 0 aliphatic rings. The van der Waals surface area contributed by atoms with Gasteiger partial charge in [-0.05, 0) is 46.2 Å². The fourth-order valence-electron chi connectivity index (χ4n) is 3.20. The Hall–Kier alpha value is -3.59. The van der Waals surface area contributed by atoms with Crippen LogP contribution in [-0.4, -0.2) is 5.91 Å². The molecule has 0 aliphatic heterocycles. The van der Waals surface area contributed by atoms with E-state index >= 15 is 0 Å². The molecule has 0 aliphatic carbocycles. The highest BCUT2D eigenvalue weighted by atomic mass is 16.5. The van der Waals surface area contributed by atoms with Crippen LogP contribution in [0.1, 0.15) is 11.1 Å². The van der Waals surface area contributed by atoms with Gasteiger partial charge < -0.3 is 10.1 Å². The van der Waals surface area contributed by atoms with E-state index in [1.807, 2.05) is 78.9 Å². The van der Waals surface area contributed by atoms with E-state index in [0.717, 1.165) is 33.3 Å². The minimum Gasteiger partial charge on any atom is -0.489 e. The standard InChI is InChI=1S/C25H21NO2/c27-25(17-21-11-6-10-20-9-4-5-12-24(20)21)26-22-13-15-23(16-14-22)28-18-19-7-2-1-3-8-19/h1-16H,17-18H2,(H,26,27). The number of carbonyl (C=O) groups is 1. The Kier molecular flexibility index (Phi) is 5.34. The van der Waals surface area contributed by atoms with E-state index < -0.39 is 0 Å². The van der Waals surface area contributed by atoms with Crippen molar-refractivity contribution in [3.05, 3.63) is 108 Å². The first kappa shape index (κ1) is 17.8. The third-order valence-corrected chi connectivity index (χ3v) is 4.62. The van der Waals surface area contributed by atoms with Crippen LogP contribution in [0.2, 0.25) is 0 Å². The van der Waals surface area contributed by atoms with Crippen LogP contribution in [0.3, 0.4) is 0 Å². The monoisotopic (exact) mass is 367 g/mol. The SMILES string of the molecule is O=C(Cc1cccc2ccccc12)Nc1ccc(OCc2ccccc2)cc1. The van der Waals surface area contributed by atoms with Crippen LogP contribution in [0.5, 0.6) is 5.75 Å². The molecule has 0 saturated heterocycles. The number of fused-ring (bicyclic) bond motifs is 1. The minimum absolute atomic E-state index is 0.0330. The van der Waals surface area contributed by atoms with E-state index in [4.69, 9.17) is 4.74 Å². The van der Waals surface area contributed by atoms with Crippen molar-refractivity contribution in [3.8, 4) is 5.75 Å². The van der Waals surface area contributed by atoms with E-state index in [1.165, 1.54) is 0 Å². The lowest BCUT2D eigenvalue weighted by Gasteiger charge is -2.10. The summed E-state index contributed by atoms with van der Waals surface area (Å²) < 4.78 is 5.78. The Morgan fingerprint density at radius 2 is 1.46 bits per heavy atom. The van der Waals surface area contributed by atoms with Crippen molar-refractivity contribution in [1.29, 1.82) is 0 Å². The number of amides is 1. The van der Waals surface area contributed by atoms with Crippen molar-refractivity contribution in [2.24, 2.45) is 0 Å². The van der Waals surface area contributed by atoms with Gasteiger partial charge in [0.25, 0.3) is 0 Å². The fraction of sp³-hybridized carbons (Fsp3) is 0.0800. The first-order valence-electron chi connectivity index (χ1n) is 9.31. The molecule has 1 N–H and O–H groups in total. The number of anilines is 1. The largest absolute Gasteiger partial charge is 0.489 e. The molecule has 0 saturated carbocycles. The number of hydrogen-bond donors (Lipinski definition) is 1. The van der Waals surface area contributed by atoms with Crippen LogP contribution in [0.4, 0.5) is 5.69 Å². The summed E-state index contributed by atoms with van der Waals surface area (Å²) >= 11 is 0. The maximum Gasteiger partial charge on any atom is 0.228 e. The molecule has 4 aromatic rings. The van der Waals surface area contributed by atoms with Crippen LogP contribution in [0.15, 0.2) is 97.1 Å². The zero-order valence-corrected chi connectivity index (χ0v) is 15.5. The van der Waals surface area contributed by atoms with Crippen molar-refractivity contribution in [2.75, 3.05) is 5.32 Å². The smallest absolute Gasteiger partial charge is 0.228 e. The molecule has 0 atom stereocenters. The molecule has 0 heterocycles. The van der Waals surface area contributed by atoms with Crippen molar-refractivity contribution >= 4 is 22.4 Å². The third-order valence-electron chi connectivity index (χ3n) is 4.62. The van der Waals surface area contributed by atoms with Gasteiger partial charge in [0, 0.05) is 5.69 Å². The molecule has 4 aromatic carbocycles. The van der Waals surface area contributed by atoms with Gasteiger partial charge in [-0.25, -0.2) is 0 Å². The molecule has 0 bridgehead atoms. The normalized spacial score (nSPS) is 10.6. The van der Waals surface area contributed by atoms with Crippen molar-refractivity contribution in [3.63, 3.8) is 0 Å². The first-order chi connectivity index (χ1) is 13.8. The van der Waals surface area contributed by atoms with Gasteiger partial charge in [0.05, 0.1) is 6.42 Å². The second-order valence-corrected chi connectivity index (χ2v) is 6.66. The second-order valence-electron chi connectivity index (χ2n) is 6.66. The number of carbonyl (C=O) groups excluding carboxylic acids is 1. The summed E-state index contributed by atoms with van der Waals surface area (Å²) in [6.45, 7) is 0.521. The molecule has 28 heavy (non-hydrogen) atoms. The molecule has 0 spiro atoms. The molecule has 0 aromatic heterocycles. The maximum atomic E-state index is 12.5. The number of nitrogens with one attached hydrogen (secondary N) is 1. The van der Waals surface area contributed by atoms with E-state index in [9.17, 15) is 4.79 Å². The predicted octanol–water partition coefficient (Wildman–Crippen LogP) is 5.60. The fourth-order valence-corrected chi connectivity index (χ4v) is 3.20. The zero-order chi connectivity index (χ0) is 19.2. The van der Waals surface area contributed by atoms with E-state index in [2.05, 4.69) is 23.5 Å². The Labute approximate surface area is 164 Å². The first-order valence-corrected chi connectivity index (χ1v) is 9.31. The molecule has 3 heteroatoms. The van der Waals surface area contributed by atoms with E-state index in [1.54, 1.807) is 0 Å². The third kappa shape index (κ3) is 4.38. The van der Waals surface area contributed by atoms with Crippen LogP contribution in [0, 0.1) is 0 Å². The van der Waals surface area contributed by atoms with Crippen LogP contribution >= 0.6 is 0 Å². The number of benzene rings is 4. The zero-order valence-electron chi connectivity index (χ0n) is 15.5. The summed E-state index contributed by atoms with van der Waals surface area (Å²) in [5, 5.41) is 5.22. The van der Waals surface area contributed by atoms with Gasteiger partial charge in [-0.15, -0.1) is 0 Å². The molecule has 4 rings (SSSR count). The summed E-state index contributed by atoms with van der Waals surface area (Å²) in [7, 11) is 0. The summed E-state index contributed by atoms with van der Waals surface area (Å²) in [4.78, 5) is 12.5. The topological polar surface area (TPSA) is 38.3 Å². The van der Waals surface area contributed by atoms with Gasteiger partial charge in [0.1, 0.15) is 12.4 Å². The summed E-state index contributed by atoms with van der Waals surface area (Å²) in [5.41, 5.74) is 2.91. The van der Waals surface area contributed by atoms with Gasteiger partial charge in [0.2, 0.25) is 5.91 Å². The van der Waals surface area contributed by atoms with Gasteiger partial charge >= 0.3 is 0 Å². The molecule has 138 valence electrons. The highest BCUT2D eigenvalue weighted by Crippen LogP contribution is 2.20. The van der Waals surface area contributed by atoms with Gasteiger partial charge in [-0.2, -0.15) is 0 Å². The second kappa shape index (κ2) is 8.40. The minimum atomic E-state index is -0.0330. The average Bonchev–Trinajstić information content (AvgIpc) is 2.74. The Balaban J connectivity index is 1.36. The van der Waals surface area contributed by atoms with Crippen molar-refractivity contribution < 1.29 is 9.53 Å². The molecular weight excluding hydrogens is 346 g/mol. The van der Waals surface area contributed by atoms with E-state index in [0.29, 0.717) is 13.0 Å². The molecule has 0 radical (unpaired) electrons. The van der Waals surface area contributed by atoms with Crippen LogP contribution in [-0.2, 0) is 17.8 Å². The highest BCUT2D eigenvalue weighted by Gasteiger charge is 2.07. The van der Waals surface area contributed by atoms with Crippen LogP contribution in [0.25, 0.3) is 10.8 Å². The highest BCUT2D eigenvalue weighted by molar-refractivity contribution is 5.96. The molecular formula is C25H21NO2. The molecule has 0 fully saturated rings. The average molecular weight is 367 g/mol. The Morgan fingerprint density at radius 1 is 0.750 bits per heavy atom. The maximum absolute atomic E-state index is 12.5. The summed E-state index contributed by atoms with van der Waals surface area (Å²) in [6.07, 6.45) is 0.341. The quantitative estimate of drug-likeness (QED) is 0.482. The lowest BCUT2D eigenvalue weighted by molar-refractivity contribution is -0.115. The van der Waals surface area contributed by atoms with Gasteiger partial charge in [0.15, 0.2) is 0 Å². The summed E-state index contributed by atoms with van der Waals surface area (Å²) in [6, 6.07) is 31.7. The lowest BCUT2D eigenvalue weighted by Crippen LogP contribution is -2.14. The molecule has 3 nitrogen and oxygen atoms in total. The lowest BCUT2D eigenvalue weighted by atomic mass is 10.0. The molecule has 0 unspecified atom stereocenters. The van der Waals surface area contributed by atoms with Crippen LogP contribution < -0.4 is 10.1 Å². The Morgan fingerprint density at radius 3 is 2.29 bits per heavy atom. The Bertz CT molecular complexity index is 1070. The number of ether oxygens (including phenoxy) is 1. The molecule has 1 amide bonds. The predicted molar refractivity (Wildman–Crippen MR) is 113 cm³/mol. The van der Waals surface area contributed by atoms with Gasteiger partial charge in [-0.1, -0.05) is 72.8 Å². The number of hydrogen-bond acceptors (Lipinski definition) is 2. The van der Waals surface area contributed by atoms with E-state index in [-0.39, 0.29) is 5.91 Å². The van der Waals surface area contributed by atoms with Crippen molar-refractivity contribution in [1.82, 2.24) is 0 Å². The number of rotatable bonds is 6. The van der Waals surface area contributed by atoms with Gasteiger partial charge in [-0.3, -0.25) is 4.79 Å². The van der Waals surface area contributed by atoms with Crippen molar-refractivity contribution in [2.45, 2.75) is 13.0 Å². The summed E-state index contributed by atoms with van der Waals surface area (Å²) in [5.74, 6) is 0.741.